The average Bonchev–Trinajstić information content (AvgIpc) is 2.62. The molecular formula is C20H15Cl2FN2O4. The summed E-state index contributed by atoms with van der Waals surface area (Å²) in [6.07, 6.45) is 0.0182. The number of pyridine rings is 2. The van der Waals surface area contributed by atoms with Crippen LogP contribution in [0.1, 0.15) is 28.7 Å². The van der Waals surface area contributed by atoms with Crippen LogP contribution in [0.5, 0.6) is 0 Å². The molecule has 0 amide bonds. The zero-order valence-corrected chi connectivity index (χ0v) is 16.6. The van der Waals surface area contributed by atoms with E-state index in [1.54, 1.807) is 17.6 Å². The van der Waals surface area contributed by atoms with E-state index < -0.39 is 28.3 Å². The number of rotatable bonds is 5. The highest BCUT2D eigenvalue weighted by molar-refractivity contribution is 6.42. The van der Waals surface area contributed by atoms with Crippen molar-refractivity contribution in [2.45, 2.75) is 19.9 Å². The molecule has 0 saturated heterocycles. The second-order valence-corrected chi connectivity index (χ2v) is 7.08. The summed E-state index contributed by atoms with van der Waals surface area (Å²) in [5.74, 6) is -2.19. The Morgan fingerprint density at radius 3 is 2.45 bits per heavy atom. The van der Waals surface area contributed by atoms with Crippen molar-refractivity contribution in [3.8, 4) is 11.3 Å². The lowest BCUT2D eigenvalue weighted by Crippen LogP contribution is -2.24. The molecule has 2 heterocycles. The smallest absolute Gasteiger partial charge is 0.341 e. The molecule has 3 rings (SSSR count). The number of benzene rings is 1. The summed E-state index contributed by atoms with van der Waals surface area (Å²) in [4.78, 5) is 38.5. The Hall–Kier alpha value is -2.90. The van der Waals surface area contributed by atoms with Gasteiger partial charge in [0.1, 0.15) is 5.56 Å². The van der Waals surface area contributed by atoms with E-state index in [1.807, 2.05) is 0 Å². The van der Waals surface area contributed by atoms with Gasteiger partial charge in [-0.2, -0.15) is 4.39 Å². The Morgan fingerprint density at radius 2 is 1.86 bits per heavy atom. The maximum atomic E-state index is 13.6. The third kappa shape index (κ3) is 4.26. The van der Waals surface area contributed by atoms with Gasteiger partial charge in [-0.25, -0.2) is 4.79 Å². The van der Waals surface area contributed by atoms with Crippen LogP contribution in [0.15, 0.2) is 46.0 Å². The number of carboxylic acids is 1. The number of halogens is 3. The van der Waals surface area contributed by atoms with E-state index in [0.29, 0.717) is 17.8 Å². The van der Waals surface area contributed by atoms with Crippen LogP contribution >= 0.6 is 23.2 Å². The van der Waals surface area contributed by atoms with Crippen LogP contribution < -0.4 is 10.9 Å². The molecule has 6 nitrogen and oxygen atoms in total. The number of aromatic carboxylic acids is 1. The molecule has 0 spiro atoms. The van der Waals surface area contributed by atoms with Gasteiger partial charge in [0.05, 0.1) is 15.7 Å². The summed E-state index contributed by atoms with van der Waals surface area (Å²) in [7, 11) is 0. The van der Waals surface area contributed by atoms with Gasteiger partial charge >= 0.3 is 5.97 Å². The van der Waals surface area contributed by atoms with Crippen molar-refractivity contribution >= 4 is 29.2 Å². The third-order valence-corrected chi connectivity index (χ3v) is 5.10. The van der Waals surface area contributed by atoms with Crippen LogP contribution in [0.3, 0.4) is 0 Å². The summed E-state index contributed by atoms with van der Waals surface area (Å²) in [6, 6.07) is 7.76. The van der Waals surface area contributed by atoms with E-state index in [4.69, 9.17) is 23.2 Å². The molecule has 1 aromatic carbocycles. The first kappa shape index (κ1) is 20.8. The number of carbonyl (C=O) groups is 1. The predicted molar refractivity (Wildman–Crippen MR) is 109 cm³/mol. The van der Waals surface area contributed by atoms with Crippen molar-refractivity contribution in [1.82, 2.24) is 9.55 Å². The minimum absolute atomic E-state index is 0.0182. The first-order valence-electron chi connectivity index (χ1n) is 8.55. The van der Waals surface area contributed by atoms with Crippen molar-refractivity contribution in [3.63, 3.8) is 0 Å². The van der Waals surface area contributed by atoms with E-state index in [0.717, 1.165) is 6.07 Å². The molecule has 9 heteroatoms. The van der Waals surface area contributed by atoms with Crippen molar-refractivity contribution in [2.75, 3.05) is 0 Å². The minimum Gasteiger partial charge on any atom is -0.477 e. The lowest BCUT2D eigenvalue weighted by atomic mass is 10.0. The van der Waals surface area contributed by atoms with Gasteiger partial charge < -0.3 is 14.7 Å². The quantitative estimate of drug-likeness (QED) is 0.592. The summed E-state index contributed by atoms with van der Waals surface area (Å²) >= 11 is 12.0. The molecule has 2 N–H and O–H groups in total. The zero-order chi connectivity index (χ0) is 21.3. The lowest BCUT2D eigenvalue weighted by molar-refractivity contribution is 0.0695. The molecule has 0 aliphatic heterocycles. The molecule has 0 bridgehead atoms. The molecule has 150 valence electrons. The SMILES string of the molecule is CCn1c(Cc2cc(=O)cc(F)[nH]2)cc(=O)c(C(=O)O)c1-c1ccc(Cl)c(Cl)c1. The van der Waals surface area contributed by atoms with Gasteiger partial charge in [0, 0.05) is 48.1 Å². The molecule has 2 aromatic heterocycles. The van der Waals surface area contributed by atoms with Crippen LogP contribution in [0.25, 0.3) is 11.3 Å². The fourth-order valence-electron chi connectivity index (χ4n) is 3.21. The van der Waals surface area contributed by atoms with Gasteiger partial charge in [0.2, 0.25) is 0 Å². The minimum atomic E-state index is -1.39. The number of hydrogen-bond acceptors (Lipinski definition) is 3. The molecule has 3 aromatic rings. The van der Waals surface area contributed by atoms with Gasteiger partial charge in [-0.05, 0) is 19.1 Å². The molecule has 0 aliphatic rings. The van der Waals surface area contributed by atoms with Gasteiger partial charge in [-0.3, -0.25) is 9.59 Å². The average molecular weight is 437 g/mol. The number of carboxylic acid groups (broad SMARTS) is 1. The predicted octanol–water partition coefficient (Wildman–Crippen LogP) is 3.96. The highest BCUT2D eigenvalue weighted by Gasteiger charge is 2.22. The highest BCUT2D eigenvalue weighted by Crippen LogP contribution is 2.30. The number of nitrogens with one attached hydrogen (secondary N) is 1. The number of aromatic nitrogens is 2. The van der Waals surface area contributed by atoms with Crippen LogP contribution in [-0.2, 0) is 13.0 Å². The fourth-order valence-corrected chi connectivity index (χ4v) is 3.51. The van der Waals surface area contributed by atoms with E-state index in [-0.39, 0.29) is 27.9 Å². The van der Waals surface area contributed by atoms with Gasteiger partial charge in [-0.15, -0.1) is 0 Å². The van der Waals surface area contributed by atoms with Gasteiger partial charge in [-0.1, -0.05) is 29.3 Å². The molecule has 0 fully saturated rings. The summed E-state index contributed by atoms with van der Waals surface area (Å²) in [5, 5.41) is 10.1. The number of H-pyrrole nitrogens is 1. The third-order valence-electron chi connectivity index (χ3n) is 4.36. The number of nitrogens with zero attached hydrogens (tertiary/aromatic N) is 1. The van der Waals surface area contributed by atoms with E-state index >= 15 is 0 Å². The maximum absolute atomic E-state index is 13.6. The van der Waals surface area contributed by atoms with Crippen LogP contribution in [-0.4, -0.2) is 20.6 Å². The molecule has 0 radical (unpaired) electrons. The Morgan fingerprint density at radius 1 is 1.14 bits per heavy atom. The number of aromatic amines is 1. The summed E-state index contributed by atoms with van der Waals surface area (Å²) in [6.45, 7) is 2.08. The number of hydrogen-bond donors (Lipinski definition) is 2. The van der Waals surface area contributed by atoms with Gasteiger partial charge in [0.25, 0.3) is 0 Å². The Bertz CT molecular complexity index is 1230. The van der Waals surface area contributed by atoms with E-state index in [9.17, 15) is 23.9 Å². The normalized spacial score (nSPS) is 10.9. The highest BCUT2D eigenvalue weighted by atomic mass is 35.5. The fraction of sp³-hybridized carbons (Fsp3) is 0.150. The van der Waals surface area contributed by atoms with Crippen LogP contribution in [0.2, 0.25) is 10.0 Å². The van der Waals surface area contributed by atoms with Crippen LogP contribution in [0, 0.1) is 5.95 Å². The van der Waals surface area contributed by atoms with E-state index in [2.05, 4.69) is 4.98 Å². The Balaban J connectivity index is 2.30. The second-order valence-electron chi connectivity index (χ2n) is 6.27. The standard InChI is InChI=1S/C20H15Cl2FN2O4/c1-2-25-12(6-11-7-13(26)9-17(23)24-11)8-16(27)18(20(28)29)19(25)10-3-4-14(21)15(22)5-10/h3-5,7-9H,2,6H2,1H3,(H,24,26)(H,28,29). The van der Waals surface area contributed by atoms with Crippen molar-refractivity contribution in [2.24, 2.45) is 0 Å². The maximum Gasteiger partial charge on any atom is 0.341 e. The molecule has 0 aliphatic carbocycles. The van der Waals surface area contributed by atoms with Crippen molar-refractivity contribution < 1.29 is 14.3 Å². The van der Waals surface area contributed by atoms with Crippen molar-refractivity contribution in [1.29, 1.82) is 0 Å². The molecule has 0 saturated carbocycles. The Kier molecular flexibility index (Phi) is 5.91. The largest absolute Gasteiger partial charge is 0.477 e. The first-order chi connectivity index (χ1) is 13.7. The molecule has 0 atom stereocenters. The zero-order valence-electron chi connectivity index (χ0n) is 15.1. The summed E-state index contributed by atoms with van der Waals surface area (Å²) in [5.41, 5.74) is -0.443. The molecular weight excluding hydrogens is 422 g/mol. The van der Waals surface area contributed by atoms with E-state index in [1.165, 1.54) is 24.3 Å². The van der Waals surface area contributed by atoms with Gasteiger partial charge in [0.15, 0.2) is 16.8 Å². The Labute approximate surface area is 174 Å². The summed E-state index contributed by atoms with van der Waals surface area (Å²) < 4.78 is 15.2. The molecule has 29 heavy (non-hydrogen) atoms. The topological polar surface area (TPSA) is 92.2 Å². The van der Waals surface area contributed by atoms with Crippen molar-refractivity contribution in [3.05, 3.63) is 89.8 Å². The molecule has 0 unspecified atom stereocenters. The first-order valence-corrected chi connectivity index (χ1v) is 9.31. The monoisotopic (exact) mass is 436 g/mol. The lowest BCUT2D eigenvalue weighted by Gasteiger charge is -2.20. The van der Waals surface area contributed by atoms with Crippen LogP contribution in [0.4, 0.5) is 4.39 Å². The second kappa shape index (κ2) is 8.23.